The van der Waals surface area contributed by atoms with Gasteiger partial charge in [0.15, 0.2) is 0 Å². The van der Waals surface area contributed by atoms with Crippen molar-refractivity contribution < 1.29 is 9.90 Å². The topological polar surface area (TPSA) is 98.8 Å². The lowest BCUT2D eigenvalue weighted by Crippen LogP contribution is -2.44. The lowest BCUT2D eigenvalue weighted by atomic mass is 10.1. The molecule has 0 aromatic carbocycles. The molecule has 3 N–H and O–H groups in total. The Bertz CT molecular complexity index is 942. The molecule has 0 saturated carbocycles. The average Bonchev–Trinajstić information content (AvgIpc) is 3.45. The third-order valence-corrected chi connectivity index (χ3v) is 6.73. The minimum absolute atomic E-state index is 0.364. The number of hydrogen-bond donors (Lipinski definition) is 2. The number of aromatic nitrogens is 2. The third kappa shape index (κ3) is 7.56. The second kappa shape index (κ2) is 11.7. The third-order valence-electron chi connectivity index (χ3n) is 6.73. The first-order valence-electron chi connectivity index (χ1n) is 12.7. The van der Waals surface area contributed by atoms with Crippen LogP contribution in [0, 0.1) is 11.8 Å². The van der Waals surface area contributed by atoms with Crippen LogP contribution in [0.3, 0.4) is 0 Å². The van der Waals surface area contributed by atoms with Gasteiger partial charge in [-0.25, -0.2) is 14.8 Å². The van der Waals surface area contributed by atoms with Crippen molar-refractivity contribution in [1.29, 1.82) is 0 Å². The van der Waals surface area contributed by atoms with Gasteiger partial charge >= 0.3 is 6.09 Å². The molecule has 2 aromatic rings. The summed E-state index contributed by atoms with van der Waals surface area (Å²) in [6.07, 6.45) is 5.25. The number of amides is 1. The highest BCUT2D eigenvalue weighted by Crippen LogP contribution is 2.23. The first-order chi connectivity index (χ1) is 16.6. The van der Waals surface area contributed by atoms with E-state index in [2.05, 4.69) is 45.7 Å². The molecule has 0 aliphatic carbocycles. The zero-order valence-corrected chi connectivity index (χ0v) is 21.9. The Hall–Kier alpha value is -2.87. The van der Waals surface area contributed by atoms with Crippen molar-refractivity contribution in [2.75, 3.05) is 36.0 Å². The molecular formula is C27H42N6O2. The van der Waals surface area contributed by atoms with Gasteiger partial charge in [0, 0.05) is 50.7 Å². The van der Waals surface area contributed by atoms with Crippen LogP contribution >= 0.6 is 0 Å². The Kier molecular flexibility index (Phi) is 8.94. The molecule has 2 aromatic heterocycles. The Balaban J connectivity index is 0.000000211. The molecule has 192 valence electrons. The molecule has 2 atom stereocenters. The molecule has 2 fully saturated rings. The number of nitrogens with zero attached hydrogens (tertiary/aromatic N) is 5. The fourth-order valence-electron chi connectivity index (χ4n) is 4.48. The van der Waals surface area contributed by atoms with Crippen molar-refractivity contribution in [2.45, 2.75) is 66.1 Å². The molecular weight excluding hydrogens is 440 g/mol. The zero-order chi connectivity index (χ0) is 25.6. The van der Waals surface area contributed by atoms with Crippen molar-refractivity contribution >= 4 is 17.7 Å². The average molecular weight is 483 g/mol. The van der Waals surface area contributed by atoms with Crippen LogP contribution in [0.5, 0.6) is 0 Å². The van der Waals surface area contributed by atoms with Gasteiger partial charge in [-0.1, -0.05) is 26.0 Å². The second-order valence-electron chi connectivity index (χ2n) is 11.0. The van der Waals surface area contributed by atoms with Gasteiger partial charge in [-0.2, -0.15) is 0 Å². The van der Waals surface area contributed by atoms with Gasteiger partial charge in [-0.05, 0) is 68.7 Å². The van der Waals surface area contributed by atoms with Gasteiger partial charge in [0.1, 0.15) is 11.6 Å². The fraction of sp³-hybridized carbons (Fsp3) is 0.593. The monoisotopic (exact) mass is 482 g/mol. The van der Waals surface area contributed by atoms with E-state index in [1.165, 1.54) is 17.7 Å². The largest absolute Gasteiger partial charge is 0.465 e. The summed E-state index contributed by atoms with van der Waals surface area (Å²) in [4.78, 5) is 26.3. The van der Waals surface area contributed by atoms with Gasteiger partial charge in [-0.3, -0.25) is 4.90 Å². The molecule has 0 bridgehead atoms. The quantitative estimate of drug-likeness (QED) is 0.643. The Morgan fingerprint density at radius 2 is 1.46 bits per heavy atom. The van der Waals surface area contributed by atoms with Crippen LogP contribution in [-0.4, -0.2) is 57.8 Å². The van der Waals surface area contributed by atoms with Crippen molar-refractivity contribution in [2.24, 2.45) is 17.6 Å². The molecule has 4 rings (SSSR count). The van der Waals surface area contributed by atoms with E-state index in [0.29, 0.717) is 13.1 Å². The smallest absolute Gasteiger partial charge is 0.408 e. The minimum Gasteiger partial charge on any atom is -0.465 e. The van der Waals surface area contributed by atoms with Crippen LogP contribution < -0.4 is 15.5 Å². The summed E-state index contributed by atoms with van der Waals surface area (Å²) in [5.74, 6) is 3.59. The van der Waals surface area contributed by atoms with Crippen LogP contribution in [0.4, 0.5) is 16.4 Å². The van der Waals surface area contributed by atoms with Gasteiger partial charge < -0.3 is 20.6 Å². The fourth-order valence-corrected chi connectivity index (χ4v) is 4.48. The predicted molar refractivity (Wildman–Crippen MR) is 142 cm³/mol. The maximum absolute atomic E-state index is 11.4. The van der Waals surface area contributed by atoms with Gasteiger partial charge in [0.2, 0.25) is 0 Å². The molecule has 4 heterocycles. The summed E-state index contributed by atoms with van der Waals surface area (Å²) in [6.45, 7) is 15.5. The van der Waals surface area contributed by atoms with E-state index in [9.17, 15) is 9.90 Å². The van der Waals surface area contributed by atoms with Crippen LogP contribution in [0.15, 0.2) is 36.7 Å². The molecule has 8 heteroatoms. The van der Waals surface area contributed by atoms with E-state index in [1.807, 2.05) is 39.1 Å². The maximum atomic E-state index is 11.4. The number of nitrogens with two attached hydrogens (primary N) is 1. The first-order valence-corrected chi connectivity index (χ1v) is 12.7. The zero-order valence-electron chi connectivity index (χ0n) is 21.9. The molecule has 2 aliphatic heterocycles. The number of pyridine rings is 2. The predicted octanol–water partition coefficient (Wildman–Crippen LogP) is 4.59. The lowest BCUT2D eigenvalue weighted by molar-refractivity contribution is 0.0955. The van der Waals surface area contributed by atoms with Crippen molar-refractivity contribution in [1.82, 2.24) is 14.9 Å². The lowest BCUT2D eigenvalue weighted by Gasteiger charge is -2.33. The highest BCUT2D eigenvalue weighted by molar-refractivity contribution is 5.66. The molecule has 1 amide bonds. The van der Waals surface area contributed by atoms with E-state index >= 15 is 0 Å². The molecule has 0 radical (unpaired) electrons. The van der Waals surface area contributed by atoms with Crippen LogP contribution in [0.1, 0.15) is 58.6 Å². The van der Waals surface area contributed by atoms with Crippen LogP contribution in [0.2, 0.25) is 0 Å². The summed E-state index contributed by atoms with van der Waals surface area (Å²) in [5, 5.41) is 9.32. The number of anilines is 2. The number of carbonyl (C=O) groups is 1. The molecule has 1 unspecified atom stereocenters. The van der Waals surface area contributed by atoms with E-state index in [1.54, 1.807) is 6.20 Å². The second-order valence-corrected chi connectivity index (χ2v) is 11.0. The van der Waals surface area contributed by atoms with E-state index < -0.39 is 11.6 Å². The van der Waals surface area contributed by atoms with Crippen molar-refractivity contribution in [3.8, 4) is 0 Å². The number of hydrogen-bond acceptors (Lipinski definition) is 6. The first kappa shape index (κ1) is 26.7. The van der Waals surface area contributed by atoms with E-state index in [4.69, 9.17) is 5.73 Å². The van der Waals surface area contributed by atoms with Gasteiger partial charge in [0.25, 0.3) is 0 Å². The van der Waals surface area contributed by atoms with Gasteiger partial charge in [0.05, 0.1) is 6.54 Å². The Labute approximate surface area is 210 Å². The molecule has 2 aliphatic rings. The van der Waals surface area contributed by atoms with E-state index in [0.717, 1.165) is 60.8 Å². The van der Waals surface area contributed by atoms with Crippen molar-refractivity contribution in [3.63, 3.8) is 0 Å². The molecule has 2 saturated heterocycles. The van der Waals surface area contributed by atoms with Gasteiger partial charge in [-0.15, -0.1) is 0 Å². The van der Waals surface area contributed by atoms with Crippen molar-refractivity contribution in [3.05, 3.63) is 47.8 Å². The summed E-state index contributed by atoms with van der Waals surface area (Å²) in [5.41, 5.74) is 7.12. The Morgan fingerprint density at radius 3 is 1.77 bits per heavy atom. The molecule has 0 spiro atoms. The summed E-state index contributed by atoms with van der Waals surface area (Å²) >= 11 is 0. The standard InChI is InChI=1S/C16H25N3O2.C11H17N3/c1-12-7-8-18(10-12)14-6-5-13(9-17-14)11-19(15(20)21)16(2,3)4;1-9-4-5-14(8-9)11-3-2-10(6-12)7-13-11/h5-6,9,12H,7-8,10-11H2,1-4H3,(H,20,21);2-3,7,9H,4-6,8,12H2,1H3/t12-;/m0./s1. The highest BCUT2D eigenvalue weighted by atomic mass is 16.4. The minimum atomic E-state index is -0.903. The summed E-state index contributed by atoms with van der Waals surface area (Å²) in [6, 6.07) is 8.11. The van der Waals surface area contributed by atoms with Crippen LogP contribution in [0.25, 0.3) is 0 Å². The van der Waals surface area contributed by atoms with E-state index in [-0.39, 0.29) is 0 Å². The molecule has 8 nitrogen and oxygen atoms in total. The summed E-state index contributed by atoms with van der Waals surface area (Å²) < 4.78 is 0. The number of carboxylic acid groups (broad SMARTS) is 1. The normalized spacial score (nSPS) is 19.9. The maximum Gasteiger partial charge on any atom is 0.408 e. The number of rotatable bonds is 5. The van der Waals surface area contributed by atoms with Crippen LogP contribution in [-0.2, 0) is 13.1 Å². The summed E-state index contributed by atoms with van der Waals surface area (Å²) in [7, 11) is 0. The Morgan fingerprint density at radius 1 is 0.971 bits per heavy atom. The SMILES string of the molecule is CC1CCN(c2ccc(CN)cn2)C1.C[C@H]1CCN(c2ccc(CN(C(=O)O)C(C)(C)C)cn2)C1. The molecule has 35 heavy (non-hydrogen) atoms. The highest BCUT2D eigenvalue weighted by Gasteiger charge is 2.26.